The number of nitrogens with two attached hydrogens (primary N) is 1. The van der Waals surface area contributed by atoms with E-state index < -0.39 is 35.4 Å². The van der Waals surface area contributed by atoms with E-state index in [1.165, 1.54) is 29.1 Å². The SMILES string of the molecule is Cc1ncsc1-c1ccc([C@H](C)NC(=O)[C@@H]2C[C@@H](O)CN2C(=O)[C@@H](NC(=O)c2cnc(N3CCN(CCCCCCCC(=O)Nc4cccc(Sc5cnc(N6CCC(C)(N)CC6)cn5)c4)CC3)nc2)C(C)(C)C)cc1. The molecule has 0 aliphatic carbocycles. The van der Waals surface area contributed by atoms with Crippen molar-refractivity contribution in [3.63, 3.8) is 0 Å². The molecule has 3 aliphatic rings. The average Bonchev–Trinajstić information content (AvgIpc) is 4.03. The fourth-order valence-electron chi connectivity index (χ4n) is 9.91. The van der Waals surface area contributed by atoms with Crippen molar-refractivity contribution in [2.45, 2.75) is 139 Å². The number of carbonyl (C=O) groups is 4. The highest BCUT2D eigenvalue weighted by Gasteiger charge is 2.45. The number of hydrogen-bond acceptors (Lipinski definition) is 16. The normalized spacial score (nSPS) is 18.8. The number of anilines is 3. The van der Waals surface area contributed by atoms with Gasteiger partial charge in [0.2, 0.25) is 23.7 Å². The Kier molecular flexibility index (Phi) is 18.8. The number of piperidine rings is 1. The molecule has 0 radical (unpaired) electrons. The van der Waals surface area contributed by atoms with Crippen molar-refractivity contribution in [1.29, 1.82) is 0 Å². The molecule has 2 aromatic carbocycles. The van der Waals surface area contributed by atoms with E-state index >= 15 is 0 Å². The Morgan fingerprint density at radius 1 is 0.855 bits per heavy atom. The van der Waals surface area contributed by atoms with E-state index in [9.17, 15) is 24.3 Å². The van der Waals surface area contributed by atoms with Crippen molar-refractivity contribution in [1.82, 2.24) is 45.4 Å². The molecule has 20 heteroatoms. The number of nitrogens with zero attached hydrogens (tertiary/aromatic N) is 9. The summed E-state index contributed by atoms with van der Waals surface area (Å²) < 4.78 is 0. The number of aromatic nitrogens is 5. The van der Waals surface area contributed by atoms with Crippen LogP contribution in [0.4, 0.5) is 17.5 Å². The summed E-state index contributed by atoms with van der Waals surface area (Å²) in [5, 5.41) is 20.5. The van der Waals surface area contributed by atoms with Crippen molar-refractivity contribution in [2.24, 2.45) is 11.1 Å². The monoisotopic (exact) mass is 1070 g/mol. The Balaban J connectivity index is 0.713. The molecule has 0 unspecified atom stereocenters. The van der Waals surface area contributed by atoms with Crippen LogP contribution >= 0.6 is 23.1 Å². The molecule has 4 amide bonds. The first-order chi connectivity index (χ1) is 36.4. The van der Waals surface area contributed by atoms with Crippen LogP contribution in [0.5, 0.6) is 0 Å². The number of aliphatic hydroxyl groups is 1. The zero-order chi connectivity index (χ0) is 54.0. The maximum atomic E-state index is 14.3. The number of hydrogen-bond donors (Lipinski definition) is 5. The van der Waals surface area contributed by atoms with Crippen LogP contribution < -0.4 is 31.5 Å². The van der Waals surface area contributed by atoms with Crippen molar-refractivity contribution in [3.05, 3.63) is 95.6 Å². The zero-order valence-corrected chi connectivity index (χ0v) is 46.5. The molecule has 0 spiro atoms. The minimum absolute atomic E-state index is 0.0200. The Hall–Kier alpha value is -6.06. The van der Waals surface area contributed by atoms with Crippen LogP contribution in [0.25, 0.3) is 10.4 Å². The van der Waals surface area contributed by atoms with E-state index in [1.807, 2.05) is 94.9 Å². The molecule has 6 heterocycles. The molecule has 406 valence electrons. The van der Waals surface area contributed by atoms with E-state index in [-0.39, 0.29) is 41.9 Å². The summed E-state index contributed by atoms with van der Waals surface area (Å²) in [6.45, 7) is 17.5. The van der Waals surface area contributed by atoms with Crippen LogP contribution in [-0.4, -0.2) is 140 Å². The Morgan fingerprint density at radius 3 is 2.24 bits per heavy atom. The Bertz CT molecular complexity index is 2730. The predicted octanol–water partition coefficient (Wildman–Crippen LogP) is 7.25. The summed E-state index contributed by atoms with van der Waals surface area (Å²) in [4.78, 5) is 87.6. The number of rotatable bonds is 20. The minimum Gasteiger partial charge on any atom is -0.391 e. The number of nitrogens with one attached hydrogen (secondary N) is 3. The topological polar surface area (TPSA) is 228 Å². The van der Waals surface area contributed by atoms with Gasteiger partial charge in [-0.2, -0.15) is 0 Å². The van der Waals surface area contributed by atoms with Crippen LogP contribution in [0.1, 0.15) is 120 Å². The highest BCUT2D eigenvalue weighted by Crippen LogP contribution is 2.32. The molecule has 0 saturated carbocycles. The number of thiazole rings is 1. The van der Waals surface area contributed by atoms with Crippen LogP contribution in [0, 0.1) is 12.3 Å². The first kappa shape index (κ1) is 56.2. The Labute approximate surface area is 455 Å². The van der Waals surface area contributed by atoms with Gasteiger partial charge in [0, 0.05) is 87.2 Å². The molecule has 4 atom stereocenters. The highest BCUT2D eigenvalue weighted by atomic mass is 32.2. The number of aryl methyl sites for hydroxylation is 1. The van der Waals surface area contributed by atoms with Crippen molar-refractivity contribution in [2.75, 3.05) is 67.5 Å². The smallest absolute Gasteiger partial charge is 0.255 e. The standard InChI is InChI=1S/C56H75N13O5S2/c1-37(39-16-18-40(19-17-39)49-38(2)62-36-75-49)63-52(73)45-30-43(70)35-69(45)53(74)50(55(3,4)5)65-51(72)41-31-60-54(61-32-41)68-27-25-66(26-28-68)22-11-9-7-8-10-15-47(71)64-42-13-12-14-44(29-42)76-48-34-58-46(33-59-48)67-23-20-56(6,57)21-24-67/h12-14,16-19,29,31-34,36-37,43,45,50,70H,7-11,15,20-28,30,35,57H2,1-6H3,(H,63,73)(H,64,71)(H,65,72)/t37-,43+,45-,50+/m0/s1. The molecular weight excluding hydrogens is 999 g/mol. The summed E-state index contributed by atoms with van der Waals surface area (Å²) >= 11 is 3.10. The molecule has 8 rings (SSSR count). The number of β-amino-alcohol motifs (C(OH)–C–C–N with tert-alkyl or cyclic N) is 1. The molecular formula is C56H75N13O5S2. The van der Waals surface area contributed by atoms with Gasteiger partial charge in [-0.3, -0.25) is 24.1 Å². The van der Waals surface area contributed by atoms with Crippen molar-refractivity contribution in [3.8, 4) is 10.4 Å². The lowest BCUT2D eigenvalue weighted by molar-refractivity contribution is -0.142. The summed E-state index contributed by atoms with van der Waals surface area (Å²) in [5.74, 6) is 0.123. The minimum atomic E-state index is -0.998. The number of carbonyl (C=O) groups excluding carboxylic acids is 4. The molecule has 18 nitrogen and oxygen atoms in total. The van der Waals surface area contributed by atoms with E-state index in [1.54, 1.807) is 17.5 Å². The largest absolute Gasteiger partial charge is 0.391 e. The lowest BCUT2D eigenvalue weighted by Gasteiger charge is -2.37. The third kappa shape index (κ3) is 15.1. The van der Waals surface area contributed by atoms with Crippen LogP contribution in [0.2, 0.25) is 0 Å². The number of amides is 4. The van der Waals surface area contributed by atoms with Gasteiger partial charge in [0.25, 0.3) is 5.91 Å². The number of unbranched alkanes of at least 4 members (excludes halogenated alkanes) is 4. The molecule has 3 aliphatic heterocycles. The van der Waals surface area contributed by atoms with Gasteiger partial charge in [-0.25, -0.2) is 24.9 Å². The fourth-order valence-corrected chi connectivity index (χ4v) is 11.5. The van der Waals surface area contributed by atoms with Gasteiger partial charge >= 0.3 is 0 Å². The molecule has 5 aromatic rings. The molecule has 3 fully saturated rings. The Morgan fingerprint density at radius 2 is 1.57 bits per heavy atom. The van der Waals surface area contributed by atoms with E-state index in [0.717, 1.165) is 134 Å². The molecule has 3 aromatic heterocycles. The van der Waals surface area contributed by atoms with Crippen LogP contribution in [-0.2, 0) is 14.4 Å². The first-order valence-electron chi connectivity index (χ1n) is 26.7. The average molecular weight is 1070 g/mol. The molecule has 0 bridgehead atoms. The van der Waals surface area contributed by atoms with Crippen LogP contribution in [0.3, 0.4) is 0 Å². The second-order valence-corrected chi connectivity index (χ2v) is 23.9. The second kappa shape index (κ2) is 25.4. The van der Waals surface area contributed by atoms with E-state index in [2.05, 4.69) is 62.5 Å². The molecule has 3 saturated heterocycles. The highest BCUT2D eigenvalue weighted by molar-refractivity contribution is 7.99. The third-order valence-electron chi connectivity index (χ3n) is 14.6. The number of piperazine rings is 1. The molecule has 76 heavy (non-hydrogen) atoms. The first-order valence-corrected chi connectivity index (χ1v) is 28.4. The van der Waals surface area contributed by atoms with E-state index in [0.29, 0.717) is 12.4 Å². The van der Waals surface area contributed by atoms with Crippen LogP contribution in [0.15, 0.2) is 88.8 Å². The summed E-state index contributed by atoms with van der Waals surface area (Å²) in [7, 11) is 0. The lowest BCUT2D eigenvalue weighted by Crippen LogP contribution is -2.57. The maximum absolute atomic E-state index is 14.3. The summed E-state index contributed by atoms with van der Waals surface area (Å²) in [6, 6.07) is 13.5. The van der Waals surface area contributed by atoms with Gasteiger partial charge in [0.15, 0.2) is 0 Å². The summed E-state index contributed by atoms with van der Waals surface area (Å²) in [5.41, 5.74) is 11.2. The van der Waals surface area contributed by atoms with Gasteiger partial charge in [-0.15, -0.1) is 11.3 Å². The lowest BCUT2D eigenvalue weighted by atomic mass is 9.85. The van der Waals surface area contributed by atoms with Crippen molar-refractivity contribution >= 4 is 64.2 Å². The van der Waals surface area contributed by atoms with Gasteiger partial charge < -0.3 is 41.5 Å². The second-order valence-electron chi connectivity index (χ2n) is 21.9. The zero-order valence-electron chi connectivity index (χ0n) is 44.8. The van der Waals surface area contributed by atoms with Gasteiger partial charge in [-0.1, -0.05) is 82.1 Å². The van der Waals surface area contributed by atoms with Gasteiger partial charge in [-0.05, 0) is 87.7 Å². The van der Waals surface area contributed by atoms with Gasteiger partial charge in [0.05, 0.1) is 46.2 Å². The molecule has 6 N–H and O–H groups in total. The summed E-state index contributed by atoms with van der Waals surface area (Å²) in [6.07, 6.45) is 13.3. The third-order valence-corrected chi connectivity index (χ3v) is 16.5. The number of benzene rings is 2. The quantitative estimate of drug-likeness (QED) is 0.0484. The maximum Gasteiger partial charge on any atom is 0.255 e. The number of likely N-dealkylation sites (tertiary alicyclic amines) is 1. The van der Waals surface area contributed by atoms with Gasteiger partial charge in [0.1, 0.15) is 22.9 Å². The fraction of sp³-hybridized carbons (Fsp3) is 0.518. The van der Waals surface area contributed by atoms with E-state index in [4.69, 9.17) is 5.73 Å². The predicted molar refractivity (Wildman–Crippen MR) is 299 cm³/mol. The number of aliphatic hydroxyl groups excluding tert-OH is 1. The van der Waals surface area contributed by atoms with Crippen molar-refractivity contribution < 1.29 is 24.3 Å².